The number of methoxy groups -OCH3 is 1. The van der Waals surface area contributed by atoms with E-state index in [4.69, 9.17) is 22.1 Å². The van der Waals surface area contributed by atoms with E-state index in [2.05, 4.69) is 6.92 Å². The Hall–Kier alpha value is -0.700. The Morgan fingerprint density at radius 2 is 2.00 bits per heavy atom. The first-order chi connectivity index (χ1) is 7.22. The van der Waals surface area contributed by atoms with Gasteiger partial charge in [0.15, 0.2) is 0 Å². The lowest BCUT2D eigenvalue weighted by molar-refractivity contribution is 0.414. The minimum atomic E-state index is 0. The van der Waals surface area contributed by atoms with Crippen molar-refractivity contribution in [2.24, 2.45) is 5.73 Å². The van der Waals surface area contributed by atoms with Gasteiger partial charge in [0.05, 0.1) is 7.11 Å². The Balaban J connectivity index is 0.00000225. The number of nitrogens with two attached hydrogens (primary N) is 1. The third-order valence-corrected chi connectivity index (χ3v) is 2.83. The SMILES string of the molecule is COc1ccc(C(C)C(=CCl)CN)cc1.Cl. The number of rotatable bonds is 4. The van der Waals surface area contributed by atoms with Crippen molar-refractivity contribution >= 4 is 24.0 Å². The van der Waals surface area contributed by atoms with E-state index in [9.17, 15) is 0 Å². The first kappa shape index (κ1) is 15.3. The van der Waals surface area contributed by atoms with Crippen LogP contribution < -0.4 is 10.5 Å². The van der Waals surface area contributed by atoms with Crippen molar-refractivity contribution in [2.75, 3.05) is 13.7 Å². The summed E-state index contributed by atoms with van der Waals surface area (Å²) in [5.74, 6) is 1.11. The second-order valence-corrected chi connectivity index (χ2v) is 3.60. The summed E-state index contributed by atoms with van der Waals surface area (Å²) >= 11 is 5.70. The first-order valence-electron chi connectivity index (χ1n) is 4.86. The van der Waals surface area contributed by atoms with Crippen LogP contribution in [0, 0.1) is 0 Å². The fourth-order valence-corrected chi connectivity index (χ4v) is 1.70. The van der Waals surface area contributed by atoms with Crippen LogP contribution in [-0.4, -0.2) is 13.7 Å². The number of ether oxygens (including phenoxy) is 1. The fraction of sp³-hybridized carbons (Fsp3) is 0.333. The Morgan fingerprint density at radius 1 is 1.44 bits per heavy atom. The minimum absolute atomic E-state index is 0. The van der Waals surface area contributed by atoms with E-state index >= 15 is 0 Å². The molecule has 0 spiro atoms. The topological polar surface area (TPSA) is 35.2 Å². The molecule has 0 amide bonds. The van der Waals surface area contributed by atoms with Crippen LogP contribution in [0.2, 0.25) is 0 Å². The number of hydrogen-bond acceptors (Lipinski definition) is 2. The van der Waals surface area contributed by atoms with Crippen molar-refractivity contribution in [1.82, 2.24) is 0 Å². The highest BCUT2D eigenvalue weighted by Crippen LogP contribution is 2.25. The predicted molar refractivity (Wildman–Crippen MR) is 71.6 cm³/mol. The van der Waals surface area contributed by atoms with Gasteiger partial charge in [0, 0.05) is 18.0 Å². The maximum atomic E-state index is 5.70. The van der Waals surface area contributed by atoms with Gasteiger partial charge < -0.3 is 10.5 Å². The van der Waals surface area contributed by atoms with Crippen LogP contribution >= 0.6 is 24.0 Å². The number of halogens is 2. The summed E-state index contributed by atoms with van der Waals surface area (Å²) in [5, 5.41) is 0. The molecule has 0 aliphatic rings. The molecule has 2 nitrogen and oxygen atoms in total. The second kappa shape index (κ2) is 7.55. The van der Waals surface area contributed by atoms with Crippen LogP contribution in [0.5, 0.6) is 5.75 Å². The van der Waals surface area contributed by atoms with Crippen molar-refractivity contribution in [1.29, 1.82) is 0 Å². The smallest absolute Gasteiger partial charge is 0.118 e. The molecule has 2 N–H and O–H groups in total. The summed E-state index contributed by atoms with van der Waals surface area (Å²) in [6.45, 7) is 2.57. The van der Waals surface area contributed by atoms with Gasteiger partial charge in [-0.2, -0.15) is 0 Å². The minimum Gasteiger partial charge on any atom is -0.497 e. The van der Waals surface area contributed by atoms with Gasteiger partial charge in [0.2, 0.25) is 0 Å². The molecular formula is C12H17Cl2NO. The molecule has 0 saturated heterocycles. The lowest BCUT2D eigenvalue weighted by Gasteiger charge is -2.14. The van der Waals surface area contributed by atoms with Gasteiger partial charge in [-0.25, -0.2) is 0 Å². The Morgan fingerprint density at radius 3 is 2.38 bits per heavy atom. The molecule has 1 rings (SSSR count). The van der Waals surface area contributed by atoms with E-state index in [-0.39, 0.29) is 18.3 Å². The molecule has 0 aliphatic carbocycles. The second-order valence-electron chi connectivity index (χ2n) is 3.38. The normalized spacial score (nSPS) is 12.9. The van der Waals surface area contributed by atoms with Crippen molar-refractivity contribution in [3.8, 4) is 5.75 Å². The lowest BCUT2D eigenvalue weighted by Crippen LogP contribution is -2.09. The number of benzene rings is 1. The van der Waals surface area contributed by atoms with Gasteiger partial charge in [-0.15, -0.1) is 12.4 Å². The van der Waals surface area contributed by atoms with Crippen molar-refractivity contribution < 1.29 is 4.74 Å². The molecule has 1 atom stereocenters. The summed E-state index contributed by atoms with van der Waals surface area (Å²) in [4.78, 5) is 0. The quantitative estimate of drug-likeness (QED) is 0.903. The average Bonchev–Trinajstić information content (AvgIpc) is 2.30. The van der Waals surface area contributed by atoms with E-state index in [1.165, 1.54) is 5.56 Å². The van der Waals surface area contributed by atoms with Crippen LogP contribution in [-0.2, 0) is 0 Å². The third-order valence-electron chi connectivity index (χ3n) is 2.55. The molecule has 0 aliphatic heterocycles. The Labute approximate surface area is 108 Å². The fourth-order valence-electron chi connectivity index (χ4n) is 1.42. The van der Waals surface area contributed by atoms with Crippen LogP contribution in [0.4, 0.5) is 0 Å². The summed E-state index contributed by atoms with van der Waals surface area (Å²) in [7, 11) is 1.66. The average molecular weight is 262 g/mol. The van der Waals surface area contributed by atoms with E-state index < -0.39 is 0 Å². The Bertz CT molecular complexity index is 335. The first-order valence-corrected chi connectivity index (χ1v) is 5.29. The summed E-state index contributed by atoms with van der Waals surface area (Å²) in [6, 6.07) is 7.93. The molecule has 0 fully saturated rings. The molecule has 1 unspecified atom stereocenters. The number of hydrogen-bond donors (Lipinski definition) is 1. The zero-order valence-corrected chi connectivity index (χ0v) is 11.0. The highest BCUT2D eigenvalue weighted by atomic mass is 35.5. The van der Waals surface area contributed by atoms with Crippen LogP contribution in [0.25, 0.3) is 0 Å². The highest BCUT2D eigenvalue weighted by Gasteiger charge is 2.09. The summed E-state index contributed by atoms with van der Waals surface area (Å²) < 4.78 is 5.10. The Kier molecular flexibility index (Phi) is 7.22. The zero-order chi connectivity index (χ0) is 11.3. The van der Waals surface area contributed by atoms with Crippen molar-refractivity contribution in [3.05, 3.63) is 40.9 Å². The molecule has 0 aromatic heterocycles. The summed E-state index contributed by atoms with van der Waals surface area (Å²) in [6.07, 6.45) is 0. The molecule has 16 heavy (non-hydrogen) atoms. The predicted octanol–water partition coefficient (Wildman–Crippen LogP) is 3.30. The highest BCUT2D eigenvalue weighted by molar-refractivity contribution is 6.25. The molecule has 4 heteroatoms. The molecule has 90 valence electrons. The summed E-state index contributed by atoms with van der Waals surface area (Å²) in [5.41, 5.74) is 9.38. The van der Waals surface area contributed by atoms with Gasteiger partial charge in [-0.3, -0.25) is 0 Å². The molecule has 0 bridgehead atoms. The zero-order valence-electron chi connectivity index (χ0n) is 9.44. The molecular weight excluding hydrogens is 245 g/mol. The van der Waals surface area contributed by atoms with Gasteiger partial charge >= 0.3 is 0 Å². The van der Waals surface area contributed by atoms with E-state index in [1.54, 1.807) is 12.6 Å². The molecule has 0 radical (unpaired) electrons. The maximum absolute atomic E-state index is 5.70. The van der Waals surface area contributed by atoms with Crippen molar-refractivity contribution in [3.63, 3.8) is 0 Å². The van der Waals surface area contributed by atoms with Gasteiger partial charge in [0.25, 0.3) is 0 Å². The largest absolute Gasteiger partial charge is 0.497 e. The lowest BCUT2D eigenvalue weighted by atomic mass is 9.94. The van der Waals surface area contributed by atoms with Crippen LogP contribution in [0.3, 0.4) is 0 Å². The molecule has 1 aromatic rings. The van der Waals surface area contributed by atoms with E-state index in [0.29, 0.717) is 6.54 Å². The van der Waals surface area contributed by atoms with Crippen LogP contribution in [0.1, 0.15) is 18.4 Å². The van der Waals surface area contributed by atoms with Crippen LogP contribution in [0.15, 0.2) is 35.4 Å². The van der Waals surface area contributed by atoms with Crippen molar-refractivity contribution in [2.45, 2.75) is 12.8 Å². The standard InChI is InChI=1S/C12H16ClNO.ClH/c1-9(11(7-13)8-14)10-3-5-12(15-2)6-4-10;/h3-7,9H,8,14H2,1-2H3;1H. The van der Waals surface area contributed by atoms with Gasteiger partial charge in [0.1, 0.15) is 5.75 Å². The van der Waals surface area contributed by atoms with E-state index in [1.807, 2.05) is 24.3 Å². The molecule has 1 aromatic carbocycles. The monoisotopic (exact) mass is 261 g/mol. The van der Waals surface area contributed by atoms with E-state index in [0.717, 1.165) is 11.3 Å². The third kappa shape index (κ3) is 3.71. The molecule has 0 saturated carbocycles. The maximum Gasteiger partial charge on any atom is 0.118 e. The molecule has 0 heterocycles. The van der Waals surface area contributed by atoms with Gasteiger partial charge in [-0.1, -0.05) is 30.7 Å². The van der Waals surface area contributed by atoms with Gasteiger partial charge in [-0.05, 0) is 23.3 Å².